The molecule has 0 aliphatic carbocycles. The fourth-order valence-corrected chi connectivity index (χ4v) is 0.803. The van der Waals surface area contributed by atoms with Crippen LogP contribution in [0.1, 0.15) is 25.1 Å². The van der Waals surface area contributed by atoms with Crippen LogP contribution in [0.4, 0.5) is 0 Å². The van der Waals surface area contributed by atoms with Crippen LogP contribution in [0.2, 0.25) is 0 Å². The van der Waals surface area contributed by atoms with E-state index in [-0.39, 0.29) is 6.04 Å². The van der Waals surface area contributed by atoms with Gasteiger partial charge in [0.2, 0.25) is 5.89 Å². The van der Waals surface area contributed by atoms with E-state index in [1.54, 1.807) is 6.92 Å². The van der Waals surface area contributed by atoms with Gasteiger partial charge in [-0.25, -0.2) is 0 Å². The summed E-state index contributed by atoms with van der Waals surface area (Å²) in [7, 11) is 0. The van der Waals surface area contributed by atoms with Gasteiger partial charge in [0.1, 0.15) is 0 Å². The smallest absolute Gasteiger partial charge is 0.223 e. The van der Waals surface area contributed by atoms with E-state index in [1.807, 2.05) is 6.92 Å². The molecule has 1 unspecified atom stereocenters. The van der Waals surface area contributed by atoms with Crippen LogP contribution in [0.5, 0.6) is 0 Å². The van der Waals surface area contributed by atoms with Gasteiger partial charge < -0.3 is 10.3 Å². The van der Waals surface area contributed by atoms with Crippen molar-refractivity contribution in [3.05, 3.63) is 11.7 Å². The highest BCUT2D eigenvalue weighted by molar-refractivity contribution is 4.87. The largest absolute Gasteiger partial charge is 0.340 e. The average Bonchev–Trinajstić information content (AvgIpc) is 2.35. The molecule has 1 atom stereocenters. The SMILES string of the molecule is CCC(N)Cc1noc(C)n1. The Labute approximate surface area is 65.8 Å². The topological polar surface area (TPSA) is 64.9 Å². The Morgan fingerprint density at radius 3 is 2.82 bits per heavy atom. The van der Waals surface area contributed by atoms with Crippen molar-refractivity contribution in [2.75, 3.05) is 0 Å². The highest BCUT2D eigenvalue weighted by Gasteiger charge is 2.06. The van der Waals surface area contributed by atoms with E-state index in [4.69, 9.17) is 10.3 Å². The maximum absolute atomic E-state index is 5.69. The lowest BCUT2D eigenvalue weighted by Gasteiger charge is -2.02. The van der Waals surface area contributed by atoms with E-state index >= 15 is 0 Å². The van der Waals surface area contributed by atoms with E-state index in [2.05, 4.69) is 10.1 Å². The van der Waals surface area contributed by atoms with E-state index < -0.39 is 0 Å². The first-order valence-electron chi connectivity index (χ1n) is 3.77. The average molecular weight is 155 g/mol. The summed E-state index contributed by atoms with van der Waals surface area (Å²) in [4.78, 5) is 4.04. The molecule has 2 N–H and O–H groups in total. The highest BCUT2D eigenvalue weighted by atomic mass is 16.5. The van der Waals surface area contributed by atoms with Crippen molar-refractivity contribution < 1.29 is 4.52 Å². The first kappa shape index (κ1) is 8.20. The zero-order valence-electron chi connectivity index (χ0n) is 6.87. The van der Waals surface area contributed by atoms with Crippen molar-refractivity contribution in [2.45, 2.75) is 32.7 Å². The maximum Gasteiger partial charge on any atom is 0.223 e. The summed E-state index contributed by atoms with van der Waals surface area (Å²) < 4.78 is 4.79. The van der Waals surface area contributed by atoms with Gasteiger partial charge >= 0.3 is 0 Å². The molecule has 11 heavy (non-hydrogen) atoms. The second-order valence-electron chi connectivity index (χ2n) is 2.60. The van der Waals surface area contributed by atoms with E-state index in [0.29, 0.717) is 18.1 Å². The van der Waals surface area contributed by atoms with Crippen LogP contribution in [0.3, 0.4) is 0 Å². The van der Waals surface area contributed by atoms with Crippen molar-refractivity contribution in [2.24, 2.45) is 5.73 Å². The van der Waals surface area contributed by atoms with Gasteiger partial charge in [-0.2, -0.15) is 4.98 Å². The summed E-state index contributed by atoms with van der Waals surface area (Å²) in [5.74, 6) is 1.31. The van der Waals surface area contributed by atoms with E-state index in [9.17, 15) is 0 Å². The van der Waals surface area contributed by atoms with E-state index in [0.717, 1.165) is 6.42 Å². The molecule has 1 aromatic heterocycles. The van der Waals surface area contributed by atoms with Gasteiger partial charge in [0.25, 0.3) is 0 Å². The van der Waals surface area contributed by atoms with Crippen molar-refractivity contribution in [1.82, 2.24) is 10.1 Å². The van der Waals surface area contributed by atoms with Crippen LogP contribution in [0.25, 0.3) is 0 Å². The van der Waals surface area contributed by atoms with Crippen molar-refractivity contribution in [3.63, 3.8) is 0 Å². The molecule has 0 spiro atoms. The van der Waals surface area contributed by atoms with Crippen LogP contribution in [-0.4, -0.2) is 16.2 Å². The summed E-state index contributed by atoms with van der Waals surface area (Å²) in [5.41, 5.74) is 5.69. The van der Waals surface area contributed by atoms with Crippen LogP contribution < -0.4 is 5.73 Å². The normalized spacial score (nSPS) is 13.4. The summed E-state index contributed by atoms with van der Waals surface area (Å²) in [6, 6.07) is 0.145. The molecule has 1 rings (SSSR count). The number of aryl methyl sites for hydroxylation is 1. The summed E-state index contributed by atoms with van der Waals surface area (Å²) >= 11 is 0. The molecule has 0 fully saturated rings. The second kappa shape index (κ2) is 3.48. The van der Waals surface area contributed by atoms with Gasteiger partial charge in [0.15, 0.2) is 5.82 Å². The number of nitrogens with zero attached hydrogens (tertiary/aromatic N) is 2. The van der Waals surface area contributed by atoms with Crippen LogP contribution in [0, 0.1) is 6.92 Å². The Balaban J connectivity index is 2.50. The lowest BCUT2D eigenvalue weighted by molar-refractivity contribution is 0.385. The van der Waals surface area contributed by atoms with Gasteiger partial charge in [-0.05, 0) is 6.42 Å². The van der Waals surface area contributed by atoms with Gasteiger partial charge in [0, 0.05) is 19.4 Å². The minimum atomic E-state index is 0.145. The van der Waals surface area contributed by atoms with Crippen LogP contribution in [-0.2, 0) is 6.42 Å². The number of nitrogens with two attached hydrogens (primary N) is 1. The zero-order chi connectivity index (χ0) is 8.27. The lowest BCUT2D eigenvalue weighted by Crippen LogP contribution is -2.21. The van der Waals surface area contributed by atoms with Crippen molar-refractivity contribution in [1.29, 1.82) is 0 Å². The molecular formula is C7H13N3O. The van der Waals surface area contributed by atoms with Crippen LogP contribution in [0.15, 0.2) is 4.52 Å². The molecule has 0 aliphatic rings. The quantitative estimate of drug-likeness (QED) is 0.696. The summed E-state index contributed by atoms with van der Waals surface area (Å²) in [5, 5.41) is 3.74. The molecule has 0 saturated carbocycles. The Bertz CT molecular complexity index is 221. The molecule has 62 valence electrons. The minimum absolute atomic E-state index is 0.145. The molecule has 0 radical (unpaired) electrons. The number of aromatic nitrogens is 2. The predicted molar refractivity (Wildman–Crippen MR) is 41.0 cm³/mol. The van der Waals surface area contributed by atoms with Crippen molar-refractivity contribution >= 4 is 0 Å². The molecule has 1 aromatic rings. The molecule has 0 aromatic carbocycles. The number of hydrogen-bond acceptors (Lipinski definition) is 4. The fraction of sp³-hybridized carbons (Fsp3) is 0.714. The third kappa shape index (κ3) is 2.31. The number of rotatable bonds is 3. The predicted octanol–water partition coefficient (Wildman–Crippen LogP) is 0.658. The summed E-state index contributed by atoms with van der Waals surface area (Å²) in [6.07, 6.45) is 1.64. The zero-order valence-corrected chi connectivity index (χ0v) is 6.87. The molecule has 0 saturated heterocycles. The standard InChI is InChI=1S/C7H13N3O/c1-3-6(8)4-7-9-5(2)11-10-7/h6H,3-4,8H2,1-2H3. The molecule has 4 nitrogen and oxygen atoms in total. The maximum atomic E-state index is 5.69. The molecule has 0 amide bonds. The van der Waals surface area contributed by atoms with E-state index in [1.165, 1.54) is 0 Å². The minimum Gasteiger partial charge on any atom is -0.340 e. The molecule has 0 bridgehead atoms. The third-order valence-electron chi connectivity index (χ3n) is 1.54. The van der Waals surface area contributed by atoms with Crippen molar-refractivity contribution in [3.8, 4) is 0 Å². The Hall–Kier alpha value is -0.900. The van der Waals surface area contributed by atoms with Gasteiger partial charge in [-0.3, -0.25) is 0 Å². The Morgan fingerprint density at radius 2 is 2.36 bits per heavy atom. The lowest BCUT2D eigenvalue weighted by atomic mass is 10.2. The second-order valence-corrected chi connectivity index (χ2v) is 2.60. The Kier molecular flexibility index (Phi) is 2.59. The number of hydrogen-bond donors (Lipinski definition) is 1. The molecular weight excluding hydrogens is 142 g/mol. The summed E-state index contributed by atoms with van der Waals surface area (Å²) in [6.45, 7) is 3.81. The van der Waals surface area contributed by atoms with Gasteiger partial charge in [-0.15, -0.1) is 0 Å². The fourth-order valence-electron chi connectivity index (χ4n) is 0.803. The first-order chi connectivity index (χ1) is 5.22. The molecule has 1 heterocycles. The van der Waals surface area contributed by atoms with Crippen LogP contribution >= 0.6 is 0 Å². The highest BCUT2D eigenvalue weighted by Crippen LogP contribution is 1.99. The third-order valence-corrected chi connectivity index (χ3v) is 1.54. The first-order valence-corrected chi connectivity index (χ1v) is 3.77. The molecule has 4 heteroatoms. The van der Waals surface area contributed by atoms with Gasteiger partial charge in [0.05, 0.1) is 0 Å². The van der Waals surface area contributed by atoms with Gasteiger partial charge in [-0.1, -0.05) is 12.1 Å². The Morgan fingerprint density at radius 1 is 1.64 bits per heavy atom. The monoisotopic (exact) mass is 155 g/mol. The molecule has 0 aliphatic heterocycles.